The van der Waals surface area contributed by atoms with E-state index in [9.17, 15) is 25.0 Å². The highest BCUT2D eigenvalue weighted by molar-refractivity contribution is 6.19. The number of nitro benzene ring substituents is 1. The minimum atomic E-state index is -0.593. The number of non-ortho nitro benzene ring substituents is 1. The second kappa shape index (κ2) is 10.2. The lowest BCUT2D eigenvalue weighted by Crippen LogP contribution is -2.43. The van der Waals surface area contributed by atoms with Crippen LogP contribution in [0.2, 0.25) is 0 Å². The molecule has 1 aliphatic heterocycles. The molecule has 0 N–H and O–H groups in total. The molecule has 3 aromatic rings. The lowest BCUT2D eigenvalue weighted by Gasteiger charge is -2.27. The first kappa shape index (κ1) is 24.3. The van der Waals surface area contributed by atoms with Gasteiger partial charge in [0, 0.05) is 41.6 Å². The van der Waals surface area contributed by atoms with Crippen LogP contribution >= 0.6 is 0 Å². The van der Waals surface area contributed by atoms with Gasteiger partial charge in [-0.05, 0) is 37.1 Å². The van der Waals surface area contributed by atoms with E-state index >= 15 is 0 Å². The molecular weight excluding hydrogens is 458 g/mol. The third-order valence-electron chi connectivity index (χ3n) is 5.95. The predicted octanol–water partition coefficient (Wildman–Crippen LogP) is 4.84. The molecule has 0 atom stereocenters. The molecule has 0 saturated heterocycles. The lowest BCUT2D eigenvalue weighted by molar-refractivity contribution is -0.384. The Labute approximate surface area is 207 Å². The summed E-state index contributed by atoms with van der Waals surface area (Å²) in [5, 5.41) is 25.7. The van der Waals surface area contributed by atoms with Crippen LogP contribution in [0.5, 0.6) is 0 Å². The summed E-state index contributed by atoms with van der Waals surface area (Å²) in [6.45, 7) is 3.74. The van der Waals surface area contributed by atoms with E-state index in [1.165, 1.54) is 12.1 Å². The molecule has 0 bridgehead atoms. The number of hydrogen-bond donors (Lipinski definition) is 0. The first-order valence-electron chi connectivity index (χ1n) is 11.4. The Morgan fingerprint density at radius 3 is 2.53 bits per heavy atom. The van der Waals surface area contributed by atoms with Gasteiger partial charge in [0.15, 0.2) is 0 Å². The van der Waals surface area contributed by atoms with Crippen molar-refractivity contribution in [2.24, 2.45) is 0 Å². The molecule has 1 aliphatic rings. The van der Waals surface area contributed by atoms with Crippen molar-refractivity contribution in [1.29, 1.82) is 5.26 Å². The summed E-state index contributed by atoms with van der Waals surface area (Å²) in [4.78, 5) is 38.1. The molecule has 9 heteroatoms. The molecule has 180 valence electrons. The zero-order valence-corrected chi connectivity index (χ0v) is 19.8. The number of nitrogens with zero attached hydrogens (tertiary/aromatic N) is 5. The number of para-hydroxylation sites is 1. The maximum atomic E-state index is 13.4. The predicted molar refractivity (Wildman–Crippen MR) is 134 cm³/mol. The summed E-state index contributed by atoms with van der Waals surface area (Å²) < 4.78 is 1.62. The van der Waals surface area contributed by atoms with Crippen molar-refractivity contribution in [3.8, 4) is 23.0 Å². The first-order valence-corrected chi connectivity index (χ1v) is 11.4. The van der Waals surface area contributed by atoms with Crippen LogP contribution in [0, 0.1) is 21.4 Å². The normalized spacial score (nSPS) is 14.9. The fourth-order valence-electron chi connectivity index (χ4n) is 4.00. The molecule has 2 aromatic carbocycles. The Morgan fingerprint density at radius 1 is 1.11 bits per heavy atom. The number of unbranched alkanes of at least 4 members (excludes halogenated alkanes) is 1. The number of benzene rings is 2. The SMILES string of the molecule is CCCCN1C(=O)C(C#N)=C(C)/C(=C\c2cn(-c3ccccc3)nc2-c2cccc([N+](=O)[O-])c2)C1=O. The van der Waals surface area contributed by atoms with Crippen molar-refractivity contribution < 1.29 is 14.5 Å². The number of aromatic nitrogens is 2. The third kappa shape index (κ3) is 4.57. The van der Waals surface area contributed by atoms with Crippen LogP contribution in [0.25, 0.3) is 23.0 Å². The lowest BCUT2D eigenvalue weighted by atomic mass is 9.93. The summed E-state index contributed by atoms with van der Waals surface area (Å²) in [5.74, 6) is -1.08. The largest absolute Gasteiger partial charge is 0.274 e. The topological polar surface area (TPSA) is 122 Å². The Bertz CT molecular complexity index is 1460. The highest BCUT2D eigenvalue weighted by Crippen LogP contribution is 2.32. The summed E-state index contributed by atoms with van der Waals surface area (Å²) in [6, 6.07) is 17.3. The number of rotatable bonds is 7. The average Bonchev–Trinajstić information content (AvgIpc) is 3.31. The van der Waals surface area contributed by atoms with Gasteiger partial charge in [-0.15, -0.1) is 0 Å². The first-order chi connectivity index (χ1) is 17.3. The highest BCUT2D eigenvalue weighted by Gasteiger charge is 2.35. The Hall–Kier alpha value is -4.84. The Morgan fingerprint density at radius 2 is 1.86 bits per heavy atom. The minimum absolute atomic E-state index is 0.0793. The molecule has 4 rings (SSSR count). The van der Waals surface area contributed by atoms with Crippen molar-refractivity contribution in [2.45, 2.75) is 26.7 Å². The van der Waals surface area contributed by atoms with Gasteiger partial charge in [-0.2, -0.15) is 10.4 Å². The zero-order valence-electron chi connectivity index (χ0n) is 19.8. The van der Waals surface area contributed by atoms with E-state index in [2.05, 4.69) is 5.10 Å². The quantitative estimate of drug-likeness (QED) is 0.206. The number of imide groups is 1. The maximum Gasteiger partial charge on any atom is 0.271 e. The van der Waals surface area contributed by atoms with Gasteiger partial charge in [0.05, 0.1) is 10.6 Å². The van der Waals surface area contributed by atoms with Crippen molar-refractivity contribution in [2.75, 3.05) is 6.54 Å². The van der Waals surface area contributed by atoms with Crippen LogP contribution in [0.1, 0.15) is 32.3 Å². The van der Waals surface area contributed by atoms with E-state index in [4.69, 9.17) is 0 Å². The zero-order chi connectivity index (χ0) is 25.8. The molecule has 0 unspecified atom stereocenters. The fourth-order valence-corrected chi connectivity index (χ4v) is 4.00. The number of nitriles is 1. The van der Waals surface area contributed by atoms with Crippen LogP contribution in [-0.2, 0) is 9.59 Å². The molecule has 1 aromatic heterocycles. The smallest absolute Gasteiger partial charge is 0.271 e. The van der Waals surface area contributed by atoms with Crippen LogP contribution < -0.4 is 0 Å². The molecular formula is C27H23N5O4. The maximum absolute atomic E-state index is 13.4. The highest BCUT2D eigenvalue weighted by atomic mass is 16.6. The van der Waals surface area contributed by atoms with Gasteiger partial charge in [0.25, 0.3) is 17.5 Å². The van der Waals surface area contributed by atoms with Crippen molar-refractivity contribution in [1.82, 2.24) is 14.7 Å². The van der Waals surface area contributed by atoms with E-state index in [0.29, 0.717) is 23.2 Å². The molecule has 0 fully saturated rings. The van der Waals surface area contributed by atoms with Crippen LogP contribution in [-0.4, -0.2) is 38.0 Å². The summed E-state index contributed by atoms with van der Waals surface area (Å²) in [5.41, 5.74) is 2.52. The molecule has 0 saturated carbocycles. The number of carbonyl (C=O) groups is 2. The van der Waals surface area contributed by atoms with Gasteiger partial charge in [-0.25, -0.2) is 4.68 Å². The summed E-state index contributed by atoms with van der Waals surface area (Å²) in [7, 11) is 0. The van der Waals surface area contributed by atoms with E-state index < -0.39 is 16.7 Å². The van der Waals surface area contributed by atoms with E-state index in [1.54, 1.807) is 36.0 Å². The van der Waals surface area contributed by atoms with Crippen LogP contribution in [0.4, 0.5) is 5.69 Å². The van der Waals surface area contributed by atoms with E-state index in [1.807, 2.05) is 43.3 Å². The van der Waals surface area contributed by atoms with Crippen LogP contribution in [0.3, 0.4) is 0 Å². The van der Waals surface area contributed by atoms with Gasteiger partial charge >= 0.3 is 0 Å². The molecule has 2 amide bonds. The molecule has 0 aliphatic carbocycles. The number of hydrogen-bond acceptors (Lipinski definition) is 6. The van der Waals surface area contributed by atoms with Crippen molar-refractivity contribution >= 4 is 23.6 Å². The number of carbonyl (C=O) groups excluding carboxylic acids is 2. The average molecular weight is 482 g/mol. The fraction of sp³-hybridized carbons (Fsp3) is 0.185. The molecule has 36 heavy (non-hydrogen) atoms. The summed E-state index contributed by atoms with van der Waals surface area (Å²) in [6.07, 6.45) is 4.71. The standard InChI is InChI=1S/C27H23N5O4/c1-3-4-13-30-26(33)23(18(2)24(16-28)27(30)34)15-20-17-31(21-10-6-5-7-11-21)29-25(20)19-9-8-12-22(14-19)32(35)36/h5-12,14-15,17H,3-4,13H2,1-2H3/b23-15+. The van der Waals surface area contributed by atoms with Gasteiger partial charge in [0.2, 0.25) is 0 Å². The number of amides is 2. The van der Waals surface area contributed by atoms with Gasteiger partial charge in [-0.1, -0.05) is 43.7 Å². The summed E-state index contributed by atoms with van der Waals surface area (Å²) >= 11 is 0. The van der Waals surface area contributed by atoms with E-state index in [0.717, 1.165) is 17.0 Å². The Kier molecular flexibility index (Phi) is 6.88. The van der Waals surface area contributed by atoms with Gasteiger partial charge in [-0.3, -0.25) is 24.6 Å². The van der Waals surface area contributed by atoms with Crippen LogP contribution in [0.15, 0.2) is 77.5 Å². The Balaban J connectivity index is 1.92. The van der Waals surface area contributed by atoms with Gasteiger partial charge in [0.1, 0.15) is 17.3 Å². The third-order valence-corrected chi connectivity index (χ3v) is 5.95. The second-order valence-corrected chi connectivity index (χ2v) is 8.31. The van der Waals surface area contributed by atoms with E-state index in [-0.39, 0.29) is 29.0 Å². The molecule has 0 radical (unpaired) electrons. The molecule has 9 nitrogen and oxygen atoms in total. The van der Waals surface area contributed by atoms with Gasteiger partial charge < -0.3 is 0 Å². The minimum Gasteiger partial charge on any atom is -0.274 e. The van der Waals surface area contributed by atoms with Crippen molar-refractivity contribution in [3.63, 3.8) is 0 Å². The molecule has 0 spiro atoms. The second-order valence-electron chi connectivity index (χ2n) is 8.31. The monoisotopic (exact) mass is 481 g/mol. The molecule has 2 heterocycles. The number of nitro groups is 1. The van der Waals surface area contributed by atoms with Crippen molar-refractivity contribution in [3.05, 3.63) is 93.2 Å².